The zero-order chi connectivity index (χ0) is 20.1. The first-order valence-electron chi connectivity index (χ1n) is 11.7. The summed E-state index contributed by atoms with van der Waals surface area (Å²) in [6.07, 6.45) is 23.3. The maximum absolute atomic E-state index is 5.48. The molecule has 0 heterocycles. The van der Waals surface area contributed by atoms with Gasteiger partial charge in [0.15, 0.2) is 0 Å². The number of benzene rings is 1. The Balaban J connectivity index is 1.87. The molecule has 0 radical (unpaired) electrons. The number of hydrogen-bond acceptors (Lipinski definition) is 2. The van der Waals surface area contributed by atoms with Crippen molar-refractivity contribution in [2.45, 2.75) is 96.8 Å². The van der Waals surface area contributed by atoms with Gasteiger partial charge in [0.1, 0.15) is 12.4 Å². The van der Waals surface area contributed by atoms with Crippen LogP contribution in [-0.4, -0.2) is 19.4 Å². The highest BCUT2D eigenvalue weighted by atomic mass is 16.5. The Morgan fingerprint density at radius 3 is 1.75 bits per heavy atom. The van der Waals surface area contributed by atoms with E-state index in [9.17, 15) is 0 Å². The van der Waals surface area contributed by atoms with Crippen LogP contribution >= 0.6 is 0 Å². The highest BCUT2D eigenvalue weighted by molar-refractivity contribution is 5.79. The molecular formula is C26H43NO. The molecule has 1 aromatic rings. The van der Waals surface area contributed by atoms with E-state index < -0.39 is 0 Å². The smallest absolute Gasteiger partial charge is 0.119 e. The molecule has 0 unspecified atom stereocenters. The third kappa shape index (κ3) is 14.5. The number of nitrogens with zero attached hydrogens (tertiary/aromatic N) is 1. The van der Waals surface area contributed by atoms with Crippen LogP contribution in [0.4, 0.5) is 0 Å². The number of rotatable bonds is 19. The van der Waals surface area contributed by atoms with Crippen LogP contribution in [0, 0.1) is 0 Å². The average Bonchev–Trinajstić information content (AvgIpc) is 2.73. The second kappa shape index (κ2) is 18.8. The summed E-state index contributed by atoms with van der Waals surface area (Å²) in [4.78, 5) is 4.55. The highest BCUT2D eigenvalue weighted by Gasteiger charge is 1.95. The van der Waals surface area contributed by atoms with E-state index >= 15 is 0 Å². The van der Waals surface area contributed by atoms with E-state index in [1.54, 1.807) is 6.08 Å². The van der Waals surface area contributed by atoms with Gasteiger partial charge >= 0.3 is 0 Å². The standard InChI is InChI=1S/C26H43NO/c1-3-5-6-7-8-9-10-11-12-13-14-15-16-17-22-27-24-25-18-20-26(21-19-25)28-23-4-2/h4,18-21,24H,2-3,5-17,22-23H2,1H3. The predicted molar refractivity (Wildman–Crippen MR) is 125 cm³/mol. The summed E-state index contributed by atoms with van der Waals surface area (Å²) in [5.74, 6) is 0.879. The molecule has 2 heteroatoms. The lowest BCUT2D eigenvalue weighted by molar-refractivity contribution is 0.363. The maximum atomic E-state index is 5.48. The molecule has 0 aliphatic heterocycles. The van der Waals surface area contributed by atoms with Gasteiger partial charge in [-0.1, -0.05) is 103 Å². The van der Waals surface area contributed by atoms with Crippen LogP contribution in [0.3, 0.4) is 0 Å². The molecule has 0 aromatic heterocycles. The number of ether oxygens (including phenoxy) is 1. The predicted octanol–water partition coefficient (Wildman–Crippen LogP) is 8.15. The van der Waals surface area contributed by atoms with E-state index in [1.807, 2.05) is 30.5 Å². The fourth-order valence-corrected chi connectivity index (χ4v) is 3.37. The molecule has 0 atom stereocenters. The van der Waals surface area contributed by atoms with E-state index in [4.69, 9.17) is 4.74 Å². The molecule has 0 bridgehead atoms. The summed E-state index contributed by atoms with van der Waals surface area (Å²) in [5, 5.41) is 0. The van der Waals surface area contributed by atoms with Crippen molar-refractivity contribution in [2.75, 3.05) is 13.2 Å². The van der Waals surface area contributed by atoms with Gasteiger partial charge in [0, 0.05) is 12.8 Å². The lowest BCUT2D eigenvalue weighted by atomic mass is 10.0. The Labute approximate surface area is 174 Å². The normalized spacial score (nSPS) is 11.2. The molecule has 2 nitrogen and oxygen atoms in total. The summed E-state index contributed by atoms with van der Waals surface area (Å²) >= 11 is 0. The third-order valence-corrected chi connectivity index (χ3v) is 5.13. The Bertz CT molecular complexity index is 492. The van der Waals surface area contributed by atoms with Gasteiger partial charge in [0.25, 0.3) is 0 Å². The molecule has 28 heavy (non-hydrogen) atoms. The molecule has 0 saturated carbocycles. The van der Waals surface area contributed by atoms with Gasteiger partial charge in [-0.15, -0.1) is 0 Å². The van der Waals surface area contributed by atoms with Gasteiger partial charge in [0.05, 0.1) is 0 Å². The monoisotopic (exact) mass is 385 g/mol. The van der Waals surface area contributed by atoms with Gasteiger partial charge < -0.3 is 4.74 Å². The van der Waals surface area contributed by atoms with Crippen LogP contribution in [0.1, 0.15) is 102 Å². The van der Waals surface area contributed by atoms with Crippen molar-refractivity contribution in [3.63, 3.8) is 0 Å². The molecule has 0 aliphatic carbocycles. The fraction of sp³-hybridized carbons (Fsp3) is 0.654. The van der Waals surface area contributed by atoms with E-state index in [2.05, 4.69) is 18.5 Å². The largest absolute Gasteiger partial charge is 0.490 e. The molecule has 158 valence electrons. The summed E-state index contributed by atoms with van der Waals surface area (Å²) < 4.78 is 5.48. The maximum Gasteiger partial charge on any atom is 0.119 e. The van der Waals surface area contributed by atoms with E-state index in [0.29, 0.717) is 6.61 Å². The van der Waals surface area contributed by atoms with Crippen molar-refractivity contribution in [2.24, 2.45) is 4.99 Å². The summed E-state index contributed by atoms with van der Waals surface area (Å²) in [5.41, 5.74) is 1.14. The Morgan fingerprint density at radius 1 is 0.750 bits per heavy atom. The van der Waals surface area contributed by atoms with E-state index in [-0.39, 0.29) is 0 Å². The lowest BCUT2D eigenvalue weighted by Crippen LogP contribution is -1.92. The van der Waals surface area contributed by atoms with Crippen molar-refractivity contribution >= 4 is 6.21 Å². The first-order chi connectivity index (χ1) is 13.9. The van der Waals surface area contributed by atoms with Crippen molar-refractivity contribution < 1.29 is 4.74 Å². The molecule has 0 fully saturated rings. The summed E-state index contributed by atoms with van der Waals surface area (Å²) in [7, 11) is 0. The van der Waals surface area contributed by atoms with Crippen LogP contribution in [-0.2, 0) is 0 Å². The third-order valence-electron chi connectivity index (χ3n) is 5.13. The number of hydrogen-bond donors (Lipinski definition) is 0. The van der Waals surface area contributed by atoms with Gasteiger partial charge in [-0.3, -0.25) is 4.99 Å². The molecule has 1 aromatic carbocycles. The summed E-state index contributed by atoms with van der Waals surface area (Å²) in [6.45, 7) is 7.43. The fourth-order valence-electron chi connectivity index (χ4n) is 3.37. The quantitative estimate of drug-likeness (QED) is 0.134. The molecule has 1 rings (SSSR count). The molecule has 0 spiro atoms. The number of aliphatic imine (C=N–C) groups is 1. The minimum Gasteiger partial charge on any atom is -0.490 e. The first-order valence-corrected chi connectivity index (χ1v) is 11.7. The van der Waals surface area contributed by atoms with Gasteiger partial charge in [-0.2, -0.15) is 0 Å². The van der Waals surface area contributed by atoms with Crippen LogP contribution in [0.5, 0.6) is 5.75 Å². The van der Waals surface area contributed by atoms with Gasteiger partial charge in [0.2, 0.25) is 0 Å². The SMILES string of the molecule is C=CCOc1ccc(C=NCCCCCCCCCCCCCCCC)cc1. The van der Waals surface area contributed by atoms with Crippen LogP contribution < -0.4 is 4.74 Å². The molecule has 0 N–H and O–H groups in total. The second-order valence-corrected chi connectivity index (χ2v) is 7.80. The van der Waals surface area contributed by atoms with Gasteiger partial charge in [-0.05, 0) is 36.2 Å². The minimum absolute atomic E-state index is 0.548. The zero-order valence-electron chi connectivity index (χ0n) is 18.3. The Kier molecular flexibility index (Phi) is 16.4. The van der Waals surface area contributed by atoms with Crippen molar-refractivity contribution in [3.05, 3.63) is 42.5 Å². The Morgan fingerprint density at radius 2 is 1.25 bits per heavy atom. The second-order valence-electron chi connectivity index (χ2n) is 7.80. The van der Waals surface area contributed by atoms with Crippen molar-refractivity contribution in [3.8, 4) is 5.75 Å². The van der Waals surface area contributed by atoms with Crippen LogP contribution in [0.2, 0.25) is 0 Å². The topological polar surface area (TPSA) is 21.6 Å². The van der Waals surface area contributed by atoms with Crippen LogP contribution in [0.15, 0.2) is 41.9 Å². The van der Waals surface area contributed by atoms with Crippen LogP contribution in [0.25, 0.3) is 0 Å². The minimum atomic E-state index is 0.548. The Hall–Kier alpha value is -1.57. The first kappa shape index (κ1) is 24.5. The molecular weight excluding hydrogens is 342 g/mol. The molecule has 0 saturated heterocycles. The lowest BCUT2D eigenvalue weighted by Gasteiger charge is -2.03. The van der Waals surface area contributed by atoms with Gasteiger partial charge in [-0.25, -0.2) is 0 Å². The van der Waals surface area contributed by atoms with E-state index in [1.165, 1.54) is 89.9 Å². The van der Waals surface area contributed by atoms with Crippen molar-refractivity contribution in [1.29, 1.82) is 0 Å². The molecule has 0 aliphatic rings. The zero-order valence-corrected chi connectivity index (χ0v) is 18.3. The van der Waals surface area contributed by atoms with Crippen molar-refractivity contribution in [1.82, 2.24) is 0 Å². The molecule has 0 amide bonds. The van der Waals surface area contributed by atoms with E-state index in [0.717, 1.165) is 17.9 Å². The number of unbranched alkanes of at least 4 members (excludes halogenated alkanes) is 13. The highest BCUT2D eigenvalue weighted by Crippen LogP contribution is 2.13. The summed E-state index contributed by atoms with van der Waals surface area (Å²) in [6, 6.07) is 8.06. The average molecular weight is 386 g/mol.